The van der Waals surface area contributed by atoms with E-state index in [9.17, 15) is 14.7 Å². The van der Waals surface area contributed by atoms with E-state index in [2.05, 4.69) is 0 Å². The molecular weight excluding hydrogens is 196 g/mol. The molecule has 4 nitrogen and oxygen atoms in total. The van der Waals surface area contributed by atoms with Gasteiger partial charge in [0.2, 0.25) is 0 Å². The number of hydrogen-bond donors (Lipinski definition) is 2. The van der Waals surface area contributed by atoms with E-state index in [0.29, 0.717) is 25.7 Å². The van der Waals surface area contributed by atoms with Crippen LogP contribution in [0.4, 0.5) is 0 Å². The third-order valence-corrected chi connectivity index (χ3v) is 3.11. The van der Waals surface area contributed by atoms with Crippen molar-refractivity contribution in [1.82, 2.24) is 0 Å². The lowest BCUT2D eigenvalue weighted by atomic mass is 9.66. The number of allylic oxidation sites excluding steroid dienone is 2. The average molecular weight is 212 g/mol. The summed E-state index contributed by atoms with van der Waals surface area (Å²) >= 11 is 0. The van der Waals surface area contributed by atoms with Crippen LogP contribution >= 0.6 is 0 Å². The number of rotatable bonds is 4. The Hall–Kier alpha value is -1.32. The summed E-state index contributed by atoms with van der Waals surface area (Å²) in [4.78, 5) is 22.3. The lowest BCUT2D eigenvalue weighted by Crippen LogP contribution is -2.43. The molecule has 1 aliphatic rings. The molecule has 0 fully saturated rings. The van der Waals surface area contributed by atoms with E-state index in [1.807, 2.05) is 6.92 Å². The number of carbonyl (C=O) groups is 2. The van der Waals surface area contributed by atoms with E-state index in [-0.39, 0.29) is 0 Å². The van der Waals surface area contributed by atoms with Crippen molar-refractivity contribution < 1.29 is 19.8 Å². The molecule has 2 N–H and O–H groups in total. The summed E-state index contributed by atoms with van der Waals surface area (Å²) in [5.41, 5.74) is -1.10. The molecule has 0 spiro atoms. The summed E-state index contributed by atoms with van der Waals surface area (Å²) in [6.07, 6.45) is 5.29. The van der Waals surface area contributed by atoms with Crippen molar-refractivity contribution in [2.24, 2.45) is 11.3 Å². The Labute approximate surface area is 88.6 Å². The highest BCUT2D eigenvalue weighted by Gasteiger charge is 2.48. The van der Waals surface area contributed by atoms with Gasteiger partial charge in [-0.1, -0.05) is 25.5 Å². The first-order chi connectivity index (χ1) is 7.04. The van der Waals surface area contributed by atoms with Gasteiger partial charge in [-0.15, -0.1) is 0 Å². The summed E-state index contributed by atoms with van der Waals surface area (Å²) in [7, 11) is 0. The van der Waals surface area contributed by atoms with E-state index in [1.165, 1.54) is 0 Å². The molecular formula is C11H16O4. The monoisotopic (exact) mass is 212 g/mol. The molecule has 0 aromatic carbocycles. The van der Waals surface area contributed by atoms with Crippen molar-refractivity contribution in [3.63, 3.8) is 0 Å². The van der Waals surface area contributed by atoms with E-state index >= 15 is 0 Å². The summed E-state index contributed by atoms with van der Waals surface area (Å²) in [5, 5.41) is 18.3. The zero-order valence-electron chi connectivity index (χ0n) is 8.77. The summed E-state index contributed by atoms with van der Waals surface area (Å²) in [5.74, 6) is -2.78. The fraction of sp³-hybridized carbons (Fsp3) is 0.636. The Morgan fingerprint density at radius 2 is 2.07 bits per heavy atom. The molecule has 0 aromatic rings. The van der Waals surface area contributed by atoms with Gasteiger partial charge in [0.25, 0.3) is 0 Å². The maximum absolute atomic E-state index is 11.3. The minimum Gasteiger partial charge on any atom is -0.481 e. The largest absolute Gasteiger partial charge is 0.481 e. The van der Waals surface area contributed by atoms with Crippen LogP contribution in [0.1, 0.15) is 32.6 Å². The first-order valence-corrected chi connectivity index (χ1v) is 5.16. The molecule has 15 heavy (non-hydrogen) atoms. The lowest BCUT2D eigenvalue weighted by molar-refractivity contribution is -0.163. The van der Waals surface area contributed by atoms with E-state index in [1.54, 1.807) is 12.2 Å². The Morgan fingerprint density at radius 1 is 1.40 bits per heavy atom. The first kappa shape index (κ1) is 11.8. The van der Waals surface area contributed by atoms with Crippen molar-refractivity contribution in [2.75, 3.05) is 0 Å². The standard InChI is InChI=1S/C11H16O4/c1-2-6-11(10(14)15)7-4-3-5-8(11)9(12)13/h3-4,8H,2,5-7H2,1H3,(H,12,13)(H,14,15). The Morgan fingerprint density at radius 3 is 2.53 bits per heavy atom. The second-order valence-electron chi connectivity index (χ2n) is 4.01. The summed E-state index contributed by atoms with van der Waals surface area (Å²) < 4.78 is 0. The van der Waals surface area contributed by atoms with Crippen LogP contribution in [-0.4, -0.2) is 22.2 Å². The van der Waals surface area contributed by atoms with Gasteiger partial charge in [0.05, 0.1) is 11.3 Å². The zero-order valence-corrected chi connectivity index (χ0v) is 8.77. The molecule has 0 radical (unpaired) electrons. The van der Waals surface area contributed by atoms with Crippen molar-refractivity contribution in [3.05, 3.63) is 12.2 Å². The zero-order chi connectivity index (χ0) is 11.5. The number of carboxylic acid groups (broad SMARTS) is 2. The van der Waals surface area contributed by atoms with Crippen molar-refractivity contribution in [1.29, 1.82) is 0 Å². The molecule has 0 aromatic heterocycles. The minimum absolute atomic E-state index is 0.321. The predicted molar refractivity (Wildman–Crippen MR) is 54.5 cm³/mol. The fourth-order valence-corrected chi connectivity index (χ4v) is 2.30. The van der Waals surface area contributed by atoms with Crippen LogP contribution in [0.3, 0.4) is 0 Å². The second-order valence-corrected chi connectivity index (χ2v) is 4.01. The van der Waals surface area contributed by atoms with Gasteiger partial charge >= 0.3 is 11.9 Å². The summed E-state index contributed by atoms with van der Waals surface area (Å²) in [6, 6.07) is 0. The molecule has 0 saturated heterocycles. The molecule has 0 aliphatic heterocycles. The third kappa shape index (κ3) is 2.03. The first-order valence-electron chi connectivity index (χ1n) is 5.16. The van der Waals surface area contributed by atoms with Crippen LogP contribution in [0.2, 0.25) is 0 Å². The highest BCUT2D eigenvalue weighted by Crippen LogP contribution is 2.42. The van der Waals surface area contributed by atoms with Gasteiger partial charge in [-0.05, 0) is 19.3 Å². The maximum atomic E-state index is 11.3. The van der Waals surface area contributed by atoms with E-state index in [4.69, 9.17) is 5.11 Å². The molecule has 0 saturated carbocycles. The Balaban J connectivity index is 3.06. The molecule has 2 unspecified atom stereocenters. The van der Waals surface area contributed by atoms with Crippen LogP contribution in [-0.2, 0) is 9.59 Å². The van der Waals surface area contributed by atoms with Crippen LogP contribution in [0.15, 0.2) is 12.2 Å². The molecule has 1 aliphatic carbocycles. The highest BCUT2D eigenvalue weighted by atomic mass is 16.4. The topological polar surface area (TPSA) is 74.6 Å². The van der Waals surface area contributed by atoms with Gasteiger partial charge < -0.3 is 10.2 Å². The minimum atomic E-state index is -1.10. The molecule has 0 heterocycles. The van der Waals surface area contributed by atoms with Gasteiger partial charge in [-0.3, -0.25) is 9.59 Å². The lowest BCUT2D eigenvalue weighted by Gasteiger charge is -2.35. The fourth-order valence-electron chi connectivity index (χ4n) is 2.30. The van der Waals surface area contributed by atoms with Crippen LogP contribution in [0.25, 0.3) is 0 Å². The maximum Gasteiger partial charge on any atom is 0.310 e. The molecule has 1 rings (SSSR count). The molecule has 0 amide bonds. The number of carboxylic acids is 2. The summed E-state index contributed by atoms with van der Waals surface area (Å²) in [6.45, 7) is 1.88. The second kappa shape index (κ2) is 4.47. The molecule has 0 bridgehead atoms. The SMILES string of the molecule is CCCC1(C(=O)O)CC=CCC1C(=O)O. The highest BCUT2D eigenvalue weighted by molar-refractivity contribution is 5.84. The van der Waals surface area contributed by atoms with Gasteiger partial charge in [0.15, 0.2) is 0 Å². The third-order valence-electron chi connectivity index (χ3n) is 3.11. The molecule has 2 atom stereocenters. The van der Waals surface area contributed by atoms with E-state index in [0.717, 1.165) is 0 Å². The number of hydrogen-bond acceptors (Lipinski definition) is 2. The van der Waals surface area contributed by atoms with Crippen LogP contribution in [0, 0.1) is 11.3 Å². The van der Waals surface area contributed by atoms with Crippen molar-refractivity contribution >= 4 is 11.9 Å². The van der Waals surface area contributed by atoms with E-state index < -0.39 is 23.3 Å². The van der Waals surface area contributed by atoms with Gasteiger partial charge in [-0.25, -0.2) is 0 Å². The van der Waals surface area contributed by atoms with Crippen LogP contribution < -0.4 is 0 Å². The number of aliphatic carboxylic acids is 2. The predicted octanol–water partition coefficient (Wildman–Crippen LogP) is 1.91. The molecule has 84 valence electrons. The average Bonchev–Trinajstić information content (AvgIpc) is 2.18. The van der Waals surface area contributed by atoms with Gasteiger partial charge in [0, 0.05) is 0 Å². The molecule has 4 heteroatoms. The van der Waals surface area contributed by atoms with Crippen LogP contribution in [0.5, 0.6) is 0 Å². The van der Waals surface area contributed by atoms with Gasteiger partial charge in [0.1, 0.15) is 0 Å². The normalized spacial score (nSPS) is 30.1. The van der Waals surface area contributed by atoms with Crippen molar-refractivity contribution in [2.45, 2.75) is 32.6 Å². The quantitative estimate of drug-likeness (QED) is 0.698. The Bertz CT molecular complexity index is 295. The van der Waals surface area contributed by atoms with Gasteiger partial charge in [-0.2, -0.15) is 0 Å². The smallest absolute Gasteiger partial charge is 0.310 e. The van der Waals surface area contributed by atoms with Crippen molar-refractivity contribution in [3.8, 4) is 0 Å². The Kier molecular flexibility index (Phi) is 3.50.